The van der Waals surface area contributed by atoms with Gasteiger partial charge in [0.1, 0.15) is 0 Å². The number of hydrogen-bond acceptors (Lipinski definition) is 4. The Morgan fingerprint density at radius 3 is 2.81 bits per heavy atom. The topological polar surface area (TPSA) is 44.8 Å². The van der Waals surface area contributed by atoms with Crippen molar-refractivity contribution in [1.29, 1.82) is 0 Å². The van der Waals surface area contributed by atoms with Gasteiger partial charge in [0.25, 0.3) is 0 Å². The van der Waals surface area contributed by atoms with Gasteiger partial charge in [0.05, 0.1) is 6.26 Å². The van der Waals surface area contributed by atoms with Crippen molar-refractivity contribution >= 4 is 5.78 Å². The fraction of sp³-hybridized carbons (Fsp3) is 0.824. The van der Waals surface area contributed by atoms with Gasteiger partial charge in [0, 0.05) is 29.9 Å². The van der Waals surface area contributed by atoms with Crippen molar-refractivity contribution in [2.75, 3.05) is 6.61 Å². The Labute approximate surface area is 126 Å². The Hall–Kier alpha value is -0.870. The highest BCUT2D eigenvalue weighted by molar-refractivity contribution is 5.93. The number of rotatable bonds is 3. The first-order valence-corrected chi connectivity index (χ1v) is 8.16. The number of carbonyl (C=O) groups is 1. The molecule has 4 heteroatoms. The van der Waals surface area contributed by atoms with Gasteiger partial charge in [-0.15, -0.1) is 0 Å². The first-order chi connectivity index (χ1) is 9.99. The van der Waals surface area contributed by atoms with Crippen molar-refractivity contribution in [2.45, 2.75) is 59.0 Å². The molecule has 2 aliphatic heterocycles. The van der Waals surface area contributed by atoms with Gasteiger partial charge in [0.15, 0.2) is 12.1 Å². The van der Waals surface area contributed by atoms with Crippen LogP contribution in [0.5, 0.6) is 0 Å². The number of ether oxygens (including phenoxy) is 3. The third-order valence-corrected chi connectivity index (χ3v) is 5.63. The molecule has 3 rings (SSSR count). The Bertz CT molecular complexity index is 458. The van der Waals surface area contributed by atoms with E-state index < -0.39 is 5.79 Å². The van der Waals surface area contributed by atoms with E-state index in [4.69, 9.17) is 14.2 Å². The van der Waals surface area contributed by atoms with Crippen molar-refractivity contribution < 1.29 is 19.0 Å². The van der Waals surface area contributed by atoms with Crippen molar-refractivity contribution in [3.05, 3.63) is 11.8 Å². The zero-order valence-electron chi connectivity index (χ0n) is 13.4. The molecule has 6 atom stereocenters. The van der Waals surface area contributed by atoms with Crippen LogP contribution in [-0.4, -0.2) is 24.5 Å². The van der Waals surface area contributed by atoms with Gasteiger partial charge >= 0.3 is 0 Å². The van der Waals surface area contributed by atoms with E-state index >= 15 is 0 Å². The average molecular weight is 294 g/mol. The minimum absolute atomic E-state index is 0.103. The Morgan fingerprint density at radius 1 is 1.38 bits per heavy atom. The van der Waals surface area contributed by atoms with Crippen LogP contribution in [0, 0.1) is 23.7 Å². The average Bonchev–Trinajstić information content (AvgIpc) is 2.71. The number of Topliss-reactive ketones (excluding diaryl/α,β-unsaturated/α-hetero) is 1. The smallest absolute Gasteiger partial charge is 0.218 e. The molecule has 1 saturated carbocycles. The van der Waals surface area contributed by atoms with Crippen LogP contribution >= 0.6 is 0 Å². The van der Waals surface area contributed by atoms with E-state index in [0.717, 1.165) is 24.8 Å². The van der Waals surface area contributed by atoms with Gasteiger partial charge in [-0.2, -0.15) is 0 Å². The van der Waals surface area contributed by atoms with Gasteiger partial charge in [-0.05, 0) is 39.0 Å². The van der Waals surface area contributed by atoms with Crippen LogP contribution in [0.4, 0.5) is 0 Å². The van der Waals surface area contributed by atoms with E-state index in [0.29, 0.717) is 24.4 Å². The molecule has 4 nitrogen and oxygen atoms in total. The molecule has 2 fully saturated rings. The summed E-state index contributed by atoms with van der Waals surface area (Å²) >= 11 is 0. The summed E-state index contributed by atoms with van der Waals surface area (Å²) in [7, 11) is 0. The van der Waals surface area contributed by atoms with Gasteiger partial charge in [0.2, 0.25) is 5.79 Å². The molecule has 21 heavy (non-hydrogen) atoms. The third-order valence-electron chi connectivity index (χ3n) is 5.63. The number of carbonyl (C=O) groups excluding carboxylic acids is 1. The van der Waals surface area contributed by atoms with Crippen LogP contribution in [0.2, 0.25) is 0 Å². The Morgan fingerprint density at radius 2 is 2.14 bits per heavy atom. The Balaban J connectivity index is 1.93. The molecule has 1 aliphatic carbocycles. The molecule has 0 aromatic heterocycles. The molecule has 0 unspecified atom stereocenters. The zero-order valence-corrected chi connectivity index (χ0v) is 13.4. The lowest BCUT2D eigenvalue weighted by Crippen LogP contribution is -2.53. The van der Waals surface area contributed by atoms with E-state index in [1.165, 1.54) is 0 Å². The van der Waals surface area contributed by atoms with Crippen molar-refractivity contribution in [3.63, 3.8) is 0 Å². The second-order valence-corrected chi connectivity index (χ2v) is 6.81. The summed E-state index contributed by atoms with van der Waals surface area (Å²) in [5.41, 5.74) is 0.786. The summed E-state index contributed by atoms with van der Waals surface area (Å²) in [6.45, 7) is 8.69. The van der Waals surface area contributed by atoms with Gasteiger partial charge in [-0.25, -0.2) is 0 Å². The molecule has 118 valence electrons. The summed E-state index contributed by atoms with van der Waals surface area (Å²) < 4.78 is 18.2. The van der Waals surface area contributed by atoms with Crippen LogP contribution in [0.1, 0.15) is 47.0 Å². The molecule has 0 aromatic rings. The summed E-state index contributed by atoms with van der Waals surface area (Å²) in [5.74, 6) is 0.930. The molecule has 0 N–H and O–H groups in total. The highest BCUT2D eigenvalue weighted by atomic mass is 16.8. The fourth-order valence-corrected chi connectivity index (χ4v) is 4.37. The molecular formula is C17H26O4. The third kappa shape index (κ3) is 2.23. The first kappa shape index (κ1) is 15.0. The highest BCUT2D eigenvalue weighted by Gasteiger charge is 2.63. The summed E-state index contributed by atoms with van der Waals surface area (Å²) in [6.07, 6.45) is 4.48. The molecule has 0 bridgehead atoms. The van der Waals surface area contributed by atoms with E-state index in [2.05, 4.69) is 13.8 Å². The van der Waals surface area contributed by atoms with Gasteiger partial charge in [-0.1, -0.05) is 13.8 Å². The van der Waals surface area contributed by atoms with E-state index in [1.807, 2.05) is 6.92 Å². The molecular weight excluding hydrogens is 268 g/mol. The lowest BCUT2D eigenvalue weighted by atomic mass is 9.65. The lowest BCUT2D eigenvalue weighted by molar-refractivity contribution is -0.305. The van der Waals surface area contributed by atoms with Crippen molar-refractivity contribution in [3.8, 4) is 0 Å². The highest BCUT2D eigenvalue weighted by Crippen LogP contribution is 2.57. The van der Waals surface area contributed by atoms with Gasteiger partial charge in [-0.3, -0.25) is 4.79 Å². The van der Waals surface area contributed by atoms with Crippen LogP contribution < -0.4 is 0 Å². The quantitative estimate of drug-likeness (QED) is 0.801. The molecule has 1 saturated heterocycles. The molecule has 2 heterocycles. The second kappa shape index (κ2) is 5.40. The monoisotopic (exact) mass is 294 g/mol. The number of allylic oxidation sites excluding steroid dienone is 1. The van der Waals surface area contributed by atoms with Crippen LogP contribution in [0.15, 0.2) is 11.8 Å². The van der Waals surface area contributed by atoms with Crippen molar-refractivity contribution in [1.82, 2.24) is 0 Å². The molecule has 0 amide bonds. The standard InChI is InChI=1S/C17H26O4/c1-5-19-16-11(3)14-7-6-10(2)15-8-13(12(4)18)9-20-17(14,15)21-16/h9-11,14-16H,5-8H2,1-4H3/t10-,11-,14+,15+,16-,17-/m1/s1. The van der Waals surface area contributed by atoms with E-state index in [9.17, 15) is 4.79 Å². The van der Waals surface area contributed by atoms with E-state index in [-0.39, 0.29) is 18.0 Å². The van der Waals surface area contributed by atoms with Crippen LogP contribution in [0.3, 0.4) is 0 Å². The molecule has 3 aliphatic rings. The number of ketones is 1. The van der Waals surface area contributed by atoms with Crippen LogP contribution in [-0.2, 0) is 19.0 Å². The predicted molar refractivity (Wildman–Crippen MR) is 78.2 cm³/mol. The minimum Gasteiger partial charge on any atom is -0.469 e. The molecule has 0 radical (unpaired) electrons. The maximum absolute atomic E-state index is 11.7. The summed E-state index contributed by atoms with van der Waals surface area (Å²) in [4.78, 5) is 11.7. The molecule has 0 aromatic carbocycles. The van der Waals surface area contributed by atoms with Crippen molar-refractivity contribution in [2.24, 2.45) is 23.7 Å². The first-order valence-electron chi connectivity index (χ1n) is 8.16. The lowest BCUT2D eigenvalue weighted by Gasteiger charge is -2.49. The second-order valence-electron chi connectivity index (χ2n) is 6.81. The Kier molecular flexibility index (Phi) is 3.87. The SMILES string of the molecule is CCO[C@@H]1O[C@@]23OC=C(C(C)=O)C[C@H]2[C@H](C)CC[C@H]3[C@H]1C. The minimum atomic E-state index is -0.587. The maximum atomic E-state index is 11.7. The maximum Gasteiger partial charge on any atom is 0.218 e. The normalized spacial score (nSPS) is 45.3. The largest absolute Gasteiger partial charge is 0.469 e. The zero-order chi connectivity index (χ0) is 15.2. The molecule has 1 spiro atoms. The van der Waals surface area contributed by atoms with Crippen LogP contribution in [0.25, 0.3) is 0 Å². The fourth-order valence-electron chi connectivity index (χ4n) is 4.37. The summed E-state index contributed by atoms with van der Waals surface area (Å²) in [5, 5.41) is 0. The number of hydrogen-bond donors (Lipinski definition) is 0. The van der Waals surface area contributed by atoms with Gasteiger partial charge < -0.3 is 14.2 Å². The van der Waals surface area contributed by atoms with E-state index in [1.54, 1.807) is 13.2 Å². The predicted octanol–water partition coefficient (Wildman–Crippen LogP) is 3.27. The summed E-state index contributed by atoms with van der Waals surface area (Å²) in [6, 6.07) is 0.